The van der Waals surface area contributed by atoms with Gasteiger partial charge in [-0.3, -0.25) is 0 Å². The summed E-state index contributed by atoms with van der Waals surface area (Å²) in [5.74, 6) is 0.695. The standard InChI is InChI=1S/C22H16Cl2N2O/c23-16-11-17-20-13-19(14-7-3-1-4-8-14)25-26(20)22(15-9-5-2-6-10-15)27-21(17)18(24)12-16/h1-12,20,22H,13H2/t20-,22-/m0/s1. The molecular formula is C22H16Cl2N2O. The van der Waals surface area contributed by atoms with Crippen molar-refractivity contribution in [2.45, 2.75) is 18.7 Å². The van der Waals surface area contributed by atoms with Gasteiger partial charge in [-0.2, -0.15) is 5.10 Å². The molecule has 3 aromatic rings. The van der Waals surface area contributed by atoms with Crippen LogP contribution in [0.4, 0.5) is 0 Å². The lowest BCUT2D eigenvalue weighted by Gasteiger charge is -2.38. The van der Waals surface area contributed by atoms with Crippen LogP contribution in [0.15, 0.2) is 77.9 Å². The first-order valence-electron chi connectivity index (χ1n) is 8.82. The van der Waals surface area contributed by atoms with Crippen LogP contribution in [0.25, 0.3) is 0 Å². The van der Waals surface area contributed by atoms with Gasteiger partial charge in [0.1, 0.15) is 5.75 Å². The fourth-order valence-corrected chi connectivity index (χ4v) is 4.31. The number of hydrazone groups is 1. The van der Waals surface area contributed by atoms with Crippen LogP contribution in [0.1, 0.15) is 35.4 Å². The number of benzene rings is 3. The van der Waals surface area contributed by atoms with Crippen molar-refractivity contribution in [3.63, 3.8) is 0 Å². The van der Waals surface area contributed by atoms with Crippen LogP contribution in [0.2, 0.25) is 10.0 Å². The average Bonchev–Trinajstić information content (AvgIpc) is 3.15. The van der Waals surface area contributed by atoms with E-state index in [1.165, 1.54) is 0 Å². The van der Waals surface area contributed by atoms with E-state index in [0.717, 1.165) is 28.8 Å². The van der Waals surface area contributed by atoms with Crippen molar-refractivity contribution in [1.29, 1.82) is 0 Å². The van der Waals surface area contributed by atoms with Crippen LogP contribution in [-0.4, -0.2) is 10.7 Å². The van der Waals surface area contributed by atoms with Gasteiger partial charge in [0.2, 0.25) is 6.23 Å². The summed E-state index contributed by atoms with van der Waals surface area (Å²) < 4.78 is 6.33. The average molecular weight is 395 g/mol. The molecule has 2 aliphatic heterocycles. The summed E-state index contributed by atoms with van der Waals surface area (Å²) >= 11 is 12.8. The van der Waals surface area contributed by atoms with E-state index in [1.54, 1.807) is 6.07 Å². The number of halogens is 2. The van der Waals surface area contributed by atoms with Crippen molar-refractivity contribution in [1.82, 2.24) is 5.01 Å². The molecule has 0 spiro atoms. The van der Waals surface area contributed by atoms with Gasteiger partial charge in [0.25, 0.3) is 0 Å². The van der Waals surface area contributed by atoms with E-state index in [0.29, 0.717) is 15.8 Å². The summed E-state index contributed by atoms with van der Waals surface area (Å²) in [6, 6.07) is 24.0. The van der Waals surface area contributed by atoms with Crippen LogP contribution < -0.4 is 4.74 Å². The van der Waals surface area contributed by atoms with Crippen molar-refractivity contribution < 1.29 is 4.74 Å². The summed E-state index contributed by atoms with van der Waals surface area (Å²) in [4.78, 5) is 0. The van der Waals surface area contributed by atoms with E-state index in [-0.39, 0.29) is 12.3 Å². The number of nitrogens with zero attached hydrogens (tertiary/aromatic N) is 2. The smallest absolute Gasteiger partial charge is 0.213 e. The van der Waals surface area contributed by atoms with Crippen molar-refractivity contribution in [2.24, 2.45) is 5.10 Å². The highest BCUT2D eigenvalue weighted by Gasteiger charge is 2.41. The van der Waals surface area contributed by atoms with Gasteiger partial charge in [0.05, 0.1) is 16.8 Å². The Balaban J connectivity index is 1.64. The first-order valence-corrected chi connectivity index (χ1v) is 9.58. The Hall–Kier alpha value is -2.49. The molecule has 2 heterocycles. The predicted octanol–water partition coefficient (Wildman–Crippen LogP) is 6.24. The zero-order valence-electron chi connectivity index (χ0n) is 14.3. The lowest BCUT2D eigenvalue weighted by Crippen LogP contribution is -2.33. The molecule has 2 atom stereocenters. The van der Waals surface area contributed by atoms with Crippen molar-refractivity contribution in [3.8, 4) is 5.75 Å². The Morgan fingerprint density at radius 3 is 2.37 bits per heavy atom. The highest BCUT2D eigenvalue weighted by molar-refractivity contribution is 6.35. The minimum Gasteiger partial charge on any atom is -0.463 e. The number of rotatable bonds is 2. The summed E-state index contributed by atoms with van der Waals surface area (Å²) in [6.45, 7) is 0. The van der Waals surface area contributed by atoms with Crippen molar-refractivity contribution in [3.05, 3.63) is 99.5 Å². The monoisotopic (exact) mass is 394 g/mol. The second-order valence-electron chi connectivity index (χ2n) is 6.70. The molecule has 5 rings (SSSR count). The van der Waals surface area contributed by atoms with Crippen LogP contribution >= 0.6 is 23.2 Å². The van der Waals surface area contributed by atoms with E-state index in [9.17, 15) is 0 Å². The zero-order chi connectivity index (χ0) is 18.4. The Bertz CT molecular complexity index is 1020. The molecule has 0 N–H and O–H groups in total. The molecule has 0 bridgehead atoms. The molecule has 0 aromatic heterocycles. The fourth-order valence-electron chi connectivity index (χ4n) is 3.76. The highest BCUT2D eigenvalue weighted by atomic mass is 35.5. The lowest BCUT2D eigenvalue weighted by atomic mass is 9.96. The lowest BCUT2D eigenvalue weighted by molar-refractivity contribution is -0.0189. The molecule has 5 heteroatoms. The maximum Gasteiger partial charge on any atom is 0.213 e. The summed E-state index contributed by atoms with van der Waals surface area (Å²) in [5, 5.41) is 8.11. The zero-order valence-corrected chi connectivity index (χ0v) is 15.9. The second-order valence-corrected chi connectivity index (χ2v) is 7.54. The van der Waals surface area contributed by atoms with Crippen LogP contribution in [0.3, 0.4) is 0 Å². The Morgan fingerprint density at radius 1 is 0.926 bits per heavy atom. The first-order chi connectivity index (χ1) is 13.2. The van der Waals surface area contributed by atoms with E-state index in [4.69, 9.17) is 33.0 Å². The summed E-state index contributed by atoms with van der Waals surface area (Å²) in [6.07, 6.45) is 0.448. The first kappa shape index (κ1) is 16.7. The maximum atomic E-state index is 6.48. The molecule has 0 fully saturated rings. The summed E-state index contributed by atoms with van der Waals surface area (Å²) in [7, 11) is 0. The SMILES string of the molecule is Clc1cc(Cl)c2c(c1)[C@@H]1CC(c3ccccc3)=NN1[C@H](c1ccccc1)O2. The van der Waals surface area contributed by atoms with Gasteiger partial charge in [-0.1, -0.05) is 83.9 Å². The topological polar surface area (TPSA) is 24.8 Å². The molecular weight excluding hydrogens is 379 g/mol. The van der Waals surface area contributed by atoms with Crippen LogP contribution in [-0.2, 0) is 0 Å². The third-order valence-corrected chi connectivity index (χ3v) is 5.50. The molecule has 0 unspecified atom stereocenters. The summed E-state index contributed by atoms with van der Waals surface area (Å²) in [5.41, 5.74) is 4.18. The normalized spacial score (nSPS) is 20.5. The minimum atomic E-state index is -0.330. The molecule has 0 radical (unpaired) electrons. The van der Waals surface area contributed by atoms with Gasteiger partial charge in [0, 0.05) is 22.6 Å². The fraction of sp³-hybridized carbons (Fsp3) is 0.136. The molecule has 0 saturated carbocycles. The minimum absolute atomic E-state index is 0.0327. The Morgan fingerprint density at radius 2 is 1.63 bits per heavy atom. The van der Waals surface area contributed by atoms with Crippen molar-refractivity contribution in [2.75, 3.05) is 0 Å². The van der Waals surface area contributed by atoms with E-state index >= 15 is 0 Å². The van der Waals surface area contributed by atoms with E-state index < -0.39 is 0 Å². The molecule has 3 nitrogen and oxygen atoms in total. The largest absolute Gasteiger partial charge is 0.463 e. The van der Waals surface area contributed by atoms with Gasteiger partial charge >= 0.3 is 0 Å². The molecule has 0 aliphatic carbocycles. The van der Waals surface area contributed by atoms with Gasteiger partial charge in [-0.15, -0.1) is 0 Å². The molecule has 134 valence electrons. The number of hydrogen-bond donors (Lipinski definition) is 0. The predicted molar refractivity (Wildman–Crippen MR) is 108 cm³/mol. The second kappa shape index (κ2) is 6.59. The third-order valence-electron chi connectivity index (χ3n) is 5.00. The van der Waals surface area contributed by atoms with Gasteiger partial charge in [-0.05, 0) is 17.7 Å². The Kier molecular flexibility index (Phi) is 4.07. The maximum absolute atomic E-state index is 6.48. The Labute approximate surface area is 167 Å². The molecule has 2 aliphatic rings. The number of ether oxygens (including phenoxy) is 1. The quantitative estimate of drug-likeness (QED) is 0.513. The van der Waals surface area contributed by atoms with E-state index in [1.807, 2.05) is 59.6 Å². The third kappa shape index (κ3) is 2.88. The molecule has 27 heavy (non-hydrogen) atoms. The van der Waals surface area contributed by atoms with Gasteiger partial charge in [-0.25, -0.2) is 5.01 Å². The highest BCUT2D eigenvalue weighted by Crippen LogP contribution is 2.50. The number of hydrogen-bond acceptors (Lipinski definition) is 3. The van der Waals surface area contributed by atoms with Gasteiger partial charge < -0.3 is 4.74 Å². The molecule has 0 saturated heterocycles. The van der Waals surface area contributed by atoms with E-state index in [2.05, 4.69) is 12.1 Å². The number of fused-ring (bicyclic) bond motifs is 3. The van der Waals surface area contributed by atoms with Crippen molar-refractivity contribution >= 4 is 28.9 Å². The van der Waals surface area contributed by atoms with Crippen LogP contribution in [0.5, 0.6) is 5.75 Å². The molecule has 0 amide bonds. The van der Waals surface area contributed by atoms with Gasteiger partial charge in [0.15, 0.2) is 0 Å². The van der Waals surface area contributed by atoms with Crippen LogP contribution in [0, 0.1) is 0 Å². The molecule has 3 aromatic carbocycles.